The molecule has 0 radical (unpaired) electrons. The van der Waals surface area contributed by atoms with Gasteiger partial charge in [0, 0.05) is 18.7 Å². The van der Waals surface area contributed by atoms with Crippen LogP contribution in [0.1, 0.15) is 17.5 Å². The SMILES string of the molecule is NCc1ccc(COC2CCOC2)c(F)c1. The van der Waals surface area contributed by atoms with Gasteiger partial charge in [-0.25, -0.2) is 4.39 Å². The summed E-state index contributed by atoms with van der Waals surface area (Å²) in [6.07, 6.45) is 0.997. The molecule has 1 aliphatic rings. The molecule has 0 amide bonds. The summed E-state index contributed by atoms with van der Waals surface area (Å²) < 4.78 is 24.3. The summed E-state index contributed by atoms with van der Waals surface area (Å²) in [5.74, 6) is -0.248. The Morgan fingerprint density at radius 1 is 1.50 bits per heavy atom. The van der Waals surface area contributed by atoms with Crippen molar-refractivity contribution >= 4 is 0 Å². The minimum Gasteiger partial charge on any atom is -0.379 e. The van der Waals surface area contributed by atoms with E-state index in [0.29, 0.717) is 25.3 Å². The Bertz CT molecular complexity index is 351. The van der Waals surface area contributed by atoms with Crippen LogP contribution >= 0.6 is 0 Å². The van der Waals surface area contributed by atoms with E-state index in [4.69, 9.17) is 15.2 Å². The quantitative estimate of drug-likeness (QED) is 0.846. The van der Waals surface area contributed by atoms with Crippen molar-refractivity contribution in [1.29, 1.82) is 0 Å². The predicted octanol–water partition coefficient (Wildman–Crippen LogP) is 1.59. The average Bonchev–Trinajstić information content (AvgIpc) is 2.80. The lowest BCUT2D eigenvalue weighted by Gasteiger charge is -2.10. The van der Waals surface area contributed by atoms with E-state index >= 15 is 0 Å². The van der Waals surface area contributed by atoms with E-state index in [1.807, 2.05) is 6.07 Å². The molecule has 0 saturated carbocycles. The van der Waals surface area contributed by atoms with Crippen molar-refractivity contribution in [2.75, 3.05) is 13.2 Å². The van der Waals surface area contributed by atoms with Crippen molar-refractivity contribution in [1.82, 2.24) is 0 Å². The molecule has 0 aliphatic carbocycles. The van der Waals surface area contributed by atoms with Gasteiger partial charge in [0.2, 0.25) is 0 Å². The second-order valence-electron chi connectivity index (χ2n) is 3.93. The zero-order chi connectivity index (χ0) is 11.4. The van der Waals surface area contributed by atoms with Gasteiger partial charge in [0.05, 0.1) is 19.3 Å². The number of halogens is 1. The van der Waals surface area contributed by atoms with Crippen LogP contribution < -0.4 is 5.73 Å². The summed E-state index contributed by atoms with van der Waals surface area (Å²) in [6.45, 7) is 2.00. The van der Waals surface area contributed by atoms with Gasteiger partial charge in [-0.1, -0.05) is 12.1 Å². The van der Waals surface area contributed by atoms with E-state index in [1.54, 1.807) is 6.07 Å². The Hall–Kier alpha value is -0.970. The van der Waals surface area contributed by atoms with E-state index < -0.39 is 0 Å². The molecule has 1 aromatic rings. The molecule has 1 saturated heterocycles. The number of nitrogens with two attached hydrogens (primary N) is 1. The van der Waals surface area contributed by atoms with Crippen molar-refractivity contribution in [3.05, 3.63) is 35.1 Å². The van der Waals surface area contributed by atoms with E-state index in [2.05, 4.69) is 0 Å². The minimum atomic E-state index is -0.248. The summed E-state index contributed by atoms with van der Waals surface area (Å²) >= 11 is 0. The largest absolute Gasteiger partial charge is 0.379 e. The van der Waals surface area contributed by atoms with Gasteiger partial charge in [-0.15, -0.1) is 0 Å². The smallest absolute Gasteiger partial charge is 0.129 e. The van der Waals surface area contributed by atoms with Crippen LogP contribution in [0.15, 0.2) is 18.2 Å². The lowest BCUT2D eigenvalue weighted by atomic mass is 10.1. The van der Waals surface area contributed by atoms with Crippen LogP contribution in [0.5, 0.6) is 0 Å². The number of benzene rings is 1. The molecule has 3 nitrogen and oxygen atoms in total. The van der Waals surface area contributed by atoms with Crippen LogP contribution in [-0.2, 0) is 22.6 Å². The first kappa shape index (κ1) is 11.5. The fourth-order valence-corrected chi connectivity index (χ4v) is 1.69. The molecular formula is C12H16FNO2. The summed E-state index contributed by atoms with van der Waals surface area (Å²) in [5, 5.41) is 0. The van der Waals surface area contributed by atoms with E-state index in [0.717, 1.165) is 18.6 Å². The average molecular weight is 225 g/mol. The third-order valence-electron chi connectivity index (χ3n) is 2.72. The lowest BCUT2D eigenvalue weighted by molar-refractivity contribution is 0.0304. The number of hydrogen-bond donors (Lipinski definition) is 1. The van der Waals surface area contributed by atoms with Crippen LogP contribution in [0.4, 0.5) is 4.39 Å². The number of hydrogen-bond acceptors (Lipinski definition) is 3. The molecule has 1 aliphatic heterocycles. The molecule has 16 heavy (non-hydrogen) atoms. The molecule has 2 N–H and O–H groups in total. The zero-order valence-electron chi connectivity index (χ0n) is 9.12. The van der Waals surface area contributed by atoms with Gasteiger partial charge in [0.15, 0.2) is 0 Å². The number of ether oxygens (including phenoxy) is 2. The Morgan fingerprint density at radius 2 is 2.38 bits per heavy atom. The molecular weight excluding hydrogens is 209 g/mol. The fourth-order valence-electron chi connectivity index (χ4n) is 1.69. The van der Waals surface area contributed by atoms with Crippen LogP contribution in [0.3, 0.4) is 0 Å². The summed E-state index contributed by atoms with van der Waals surface area (Å²) in [5.41, 5.74) is 6.80. The van der Waals surface area contributed by atoms with Crippen LogP contribution in [0.25, 0.3) is 0 Å². The molecule has 1 unspecified atom stereocenters. The van der Waals surface area contributed by atoms with Gasteiger partial charge in [0.25, 0.3) is 0 Å². The maximum atomic E-state index is 13.5. The first-order valence-corrected chi connectivity index (χ1v) is 5.46. The minimum absolute atomic E-state index is 0.105. The highest BCUT2D eigenvalue weighted by Gasteiger charge is 2.16. The van der Waals surface area contributed by atoms with Crippen LogP contribution in [0.2, 0.25) is 0 Å². The second-order valence-corrected chi connectivity index (χ2v) is 3.93. The fraction of sp³-hybridized carbons (Fsp3) is 0.500. The highest BCUT2D eigenvalue weighted by atomic mass is 19.1. The van der Waals surface area contributed by atoms with Crippen molar-refractivity contribution in [2.24, 2.45) is 5.73 Å². The van der Waals surface area contributed by atoms with Crippen molar-refractivity contribution in [3.63, 3.8) is 0 Å². The monoisotopic (exact) mass is 225 g/mol. The second kappa shape index (κ2) is 5.39. The zero-order valence-corrected chi connectivity index (χ0v) is 9.12. The van der Waals surface area contributed by atoms with Gasteiger partial charge >= 0.3 is 0 Å². The maximum Gasteiger partial charge on any atom is 0.129 e. The molecule has 0 spiro atoms. The molecule has 0 bridgehead atoms. The highest BCUT2D eigenvalue weighted by molar-refractivity contribution is 5.23. The first-order chi connectivity index (χ1) is 7.79. The van der Waals surface area contributed by atoms with Gasteiger partial charge < -0.3 is 15.2 Å². The Kier molecular flexibility index (Phi) is 3.88. The standard InChI is InChI=1S/C12H16FNO2/c13-12-5-9(6-14)1-2-10(12)7-16-11-3-4-15-8-11/h1-2,5,11H,3-4,6-8,14H2. The van der Waals surface area contributed by atoms with E-state index in [9.17, 15) is 4.39 Å². The van der Waals surface area contributed by atoms with Crippen molar-refractivity contribution < 1.29 is 13.9 Å². The molecule has 4 heteroatoms. The van der Waals surface area contributed by atoms with E-state index in [-0.39, 0.29) is 11.9 Å². The Labute approximate surface area is 94.3 Å². The third-order valence-corrected chi connectivity index (χ3v) is 2.72. The normalized spacial score (nSPS) is 20.2. The van der Waals surface area contributed by atoms with Gasteiger partial charge in [-0.2, -0.15) is 0 Å². The van der Waals surface area contributed by atoms with Crippen molar-refractivity contribution in [2.45, 2.75) is 25.7 Å². The van der Waals surface area contributed by atoms with Gasteiger partial charge in [-0.3, -0.25) is 0 Å². The number of rotatable bonds is 4. The van der Waals surface area contributed by atoms with E-state index in [1.165, 1.54) is 6.07 Å². The van der Waals surface area contributed by atoms with Gasteiger partial charge in [-0.05, 0) is 18.1 Å². The van der Waals surface area contributed by atoms with Crippen LogP contribution in [-0.4, -0.2) is 19.3 Å². The molecule has 1 heterocycles. The Morgan fingerprint density at radius 3 is 3.00 bits per heavy atom. The molecule has 88 valence electrons. The molecule has 1 aromatic carbocycles. The Balaban J connectivity index is 1.93. The summed E-state index contributed by atoms with van der Waals surface area (Å²) in [4.78, 5) is 0. The van der Waals surface area contributed by atoms with Gasteiger partial charge in [0.1, 0.15) is 5.82 Å². The maximum absolute atomic E-state index is 13.5. The highest BCUT2D eigenvalue weighted by Crippen LogP contribution is 2.15. The molecule has 1 fully saturated rings. The molecule has 2 rings (SSSR count). The molecule has 1 atom stereocenters. The first-order valence-electron chi connectivity index (χ1n) is 5.46. The third kappa shape index (κ3) is 2.78. The summed E-state index contributed by atoms with van der Waals surface area (Å²) in [7, 11) is 0. The summed E-state index contributed by atoms with van der Waals surface area (Å²) in [6, 6.07) is 5.02. The van der Waals surface area contributed by atoms with Crippen molar-refractivity contribution in [3.8, 4) is 0 Å². The lowest BCUT2D eigenvalue weighted by Crippen LogP contribution is -2.12. The predicted molar refractivity (Wildman–Crippen MR) is 58.3 cm³/mol. The van der Waals surface area contributed by atoms with Crippen LogP contribution in [0, 0.1) is 5.82 Å². The topological polar surface area (TPSA) is 44.5 Å². The molecule has 0 aromatic heterocycles.